The topological polar surface area (TPSA) is 105 Å². The first kappa shape index (κ1) is 27.5. The molecule has 1 amide bonds. The van der Waals surface area contributed by atoms with E-state index in [1.54, 1.807) is 20.8 Å². The molecule has 4 rings (SSSR count). The Kier molecular flexibility index (Phi) is 8.64. The molecule has 2 fully saturated rings. The number of hydrogen-bond acceptors (Lipinski definition) is 6. The van der Waals surface area contributed by atoms with E-state index in [1.165, 1.54) is 11.1 Å². The van der Waals surface area contributed by atoms with Gasteiger partial charge in [-0.05, 0) is 100 Å². The van der Waals surface area contributed by atoms with E-state index in [2.05, 4.69) is 36.6 Å². The zero-order valence-electron chi connectivity index (χ0n) is 21.9. The lowest BCUT2D eigenvalue weighted by molar-refractivity contribution is -0.152. The highest BCUT2D eigenvalue weighted by molar-refractivity contribution is 5.88. The largest absolute Gasteiger partial charge is 0.458 e. The van der Waals surface area contributed by atoms with Crippen LogP contribution >= 0.6 is 0 Å². The maximum atomic E-state index is 12.1. The predicted octanol–water partition coefficient (Wildman–Crippen LogP) is 5.61. The summed E-state index contributed by atoms with van der Waals surface area (Å²) < 4.78 is 15.5. The van der Waals surface area contributed by atoms with Crippen LogP contribution in [0, 0.1) is 17.3 Å². The summed E-state index contributed by atoms with van der Waals surface area (Å²) in [5, 5.41) is 0. The molecule has 0 unspecified atom stereocenters. The Bertz CT molecular complexity index is 1050. The van der Waals surface area contributed by atoms with E-state index >= 15 is 0 Å². The molecule has 196 valence electrons. The molecule has 5 atom stereocenters. The van der Waals surface area contributed by atoms with Crippen molar-refractivity contribution in [1.82, 2.24) is 0 Å². The van der Waals surface area contributed by atoms with Crippen LogP contribution in [-0.2, 0) is 25.5 Å². The molecular weight excluding hydrogens is 458 g/mol. The quantitative estimate of drug-likeness (QED) is 0.322. The van der Waals surface area contributed by atoms with Crippen LogP contribution in [0.5, 0.6) is 5.75 Å². The summed E-state index contributed by atoms with van der Waals surface area (Å²) in [6.45, 7) is 15.1. The molecular formula is C29H39NO6. The van der Waals surface area contributed by atoms with Crippen molar-refractivity contribution in [2.45, 2.75) is 78.2 Å². The molecule has 3 aliphatic rings. The highest BCUT2D eigenvalue weighted by Crippen LogP contribution is 2.61. The van der Waals surface area contributed by atoms with E-state index in [9.17, 15) is 14.4 Å². The minimum absolute atomic E-state index is 0.00187. The van der Waals surface area contributed by atoms with Crippen LogP contribution in [-0.4, -0.2) is 30.7 Å². The number of rotatable bonds is 5. The number of primary amides is 1. The van der Waals surface area contributed by atoms with Gasteiger partial charge in [-0.1, -0.05) is 26.1 Å². The molecule has 0 heterocycles. The van der Waals surface area contributed by atoms with Crippen LogP contribution in [0.2, 0.25) is 0 Å². The van der Waals surface area contributed by atoms with Crippen molar-refractivity contribution >= 4 is 18.0 Å². The Morgan fingerprint density at radius 2 is 1.75 bits per heavy atom. The van der Waals surface area contributed by atoms with E-state index in [0.717, 1.165) is 38.5 Å². The minimum atomic E-state index is -0.711. The van der Waals surface area contributed by atoms with Crippen molar-refractivity contribution < 1.29 is 28.6 Å². The first-order chi connectivity index (χ1) is 17.0. The number of fused-ring (bicyclic) bond motifs is 5. The zero-order valence-corrected chi connectivity index (χ0v) is 21.9. The van der Waals surface area contributed by atoms with E-state index in [-0.39, 0.29) is 23.5 Å². The Hall–Kier alpha value is -3.09. The SMILES string of the molecule is C=C(C)C(=O)Oc1ccc2c(c1)CC[C@@H]1[C@@H]2CC[C@]2(C)[C@@H](OC(=O)C(=C)C)CC[C@@H]12.CCOC(N)=O. The van der Waals surface area contributed by atoms with Crippen molar-refractivity contribution in [3.8, 4) is 5.75 Å². The van der Waals surface area contributed by atoms with Crippen LogP contribution < -0.4 is 10.5 Å². The maximum absolute atomic E-state index is 12.1. The van der Waals surface area contributed by atoms with Crippen molar-refractivity contribution in [2.24, 2.45) is 23.0 Å². The van der Waals surface area contributed by atoms with Gasteiger partial charge in [-0.15, -0.1) is 0 Å². The predicted molar refractivity (Wildman–Crippen MR) is 137 cm³/mol. The summed E-state index contributed by atoms with van der Waals surface area (Å²) in [6, 6.07) is 6.11. The van der Waals surface area contributed by atoms with Gasteiger partial charge < -0.3 is 19.9 Å². The van der Waals surface area contributed by atoms with Crippen LogP contribution in [0.15, 0.2) is 42.5 Å². The van der Waals surface area contributed by atoms with Crippen molar-refractivity contribution in [1.29, 1.82) is 0 Å². The average molecular weight is 498 g/mol. The number of carbonyl (C=O) groups excluding carboxylic acids is 3. The fourth-order valence-corrected chi connectivity index (χ4v) is 6.33. The van der Waals surface area contributed by atoms with Gasteiger partial charge in [0.2, 0.25) is 0 Å². The number of benzene rings is 1. The second-order valence-electron chi connectivity index (χ2n) is 10.5. The van der Waals surface area contributed by atoms with Crippen LogP contribution in [0.3, 0.4) is 0 Å². The van der Waals surface area contributed by atoms with E-state index in [4.69, 9.17) is 9.47 Å². The van der Waals surface area contributed by atoms with Crippen molar-refractivity contribution in [3.63, 3.8) is 0 Å². The summed E-state index contributed by atoms with van der Waals surface area (Å²) in [5.74, 6) is 1.71. The monoisotopic (exact) mass is 497 g/mol. The summed E-state index contributed by atoms with van der Waals surface area (Å²) in [6.07, 6.45) is 5.67. The van der Waals surface area contributed by atoms with Gasteiger partial charge in [0.25, 0.3) is 0 Å². The summed E-state index contributed by atoms with van der Waals surface area (Å²) >= 11 is 0. The number of hydrogen-bond donors (Lipinski definition) is 1. The second-order valence-corrected chi connectivity index (χ2v) is 10.5. The van der Waals surface area contributed by atoms with Gasteiger partial charge >= 0.3 is 18.0 Å². The molecule has 2 saturated carbocycles. The minimum Gasteiger partial charge on any atom is -0.458 e. The van der Waals surface area contributed by atoms with Crippen LogP contribution in [0.4, 0.5) is 4.79 Å². The summed E-state index contributed by atoms with van der Waals surface area (Å²) in [7, 11) is 0. The number of esters is 2. The molecule has 7 heteroatoms. The molecule has 7 nitrogen and oxygen atoms in total. The van der Waals surface area contributed by atoms with Crippen LogP contribution in [0.25, 0.3) is 0 Å². The number of ether oxygens (including phenoxy) is 3. The normalized spacial score (nSPS) is 27.7. The first-order valence-corrected chi connectivity index (χ1v) is 12.8. The summed E-state index contributed by atoms with van der Waals surface area (Å²) in [5.41, 5.74) is 8.19. The molecule has 0 bridgehead atoms. The first-order valence-electron chi connectivity index (χ1n) is 12.8. The third-order valence-electron chi connectivity index (χ3n) is 8.05. The van der Waals surface area contributed by atoms with Gasteiger partial charge in [0.05, 0.1) is 6.61 Å². The molecule has 0 aliphatic heterocycles. The van der Waals surface area contributed by atoms with Gasteiger partial charge in [0.15, 0.2) is 0 Å². The van der Waals surface area contributed by atoms with Gasteiger partial charge in [-0.2, -0.15) is 0 Å². The molecule has 0 saturated heterocycles. The molecule has 1 aromatic rings. The molecule has 0 spiro atoms. The lowest BCUT2D eigenvalue weighted by Gasteiger charge is -2.50. The van der Waals surface area contributed by atoms with Crippen LogP contribution in [0.1, 0.15) is 76.8 Å². The number of nitrogens with two attached hydrogens (primary N) is 1. The number of amides is 1. The standard InChI is InChI=1S/C26H32O4.C3H7NO2/c1-15(2)24(27)29-18-7-9-19-17(14-18)6-8-21-20(19)12-13-26(5)22(21)10-11-23(26)30-25(28)16(3)4;1-2-6-3(4)5/h7,9,14,20-23H,1,3,6,8,10-13H2,2,4-5H3;2H2,1H3,(H2,4,5)/t20-,21-,22+,23+,26+;/m1./s1. The van der Waals surface area contributed by atoms with Gasteiger partial charge in [-0.3, -0.25) is 0 Å². The lowest BCUT2D eigenvalue weighted by Crippen LogP contribution is -2.45. The summed E-state index contributed by atoms with van der Waals surface area (Å²) in [4.78, 5) is 33.6. The Morgan fingerprint density at radius 1 is 1.06 bits per heavy atom. The van der Waals surface area contributed by atoms with Gasteiger partial charge in [0.1, 0.15) is 11.9 Å². The molecule has 2 N–H and O–H groups in total. The van der Waals surface area contributed by atoms with E-state index in [0.29, 0.717) is 41.3 Å². The third kappa shape index (κ3) is 5.82. The highest BCUT2D eigenvalue weighted by Gasteiger charge is 2.56. The smallest absolute Gasteiger partial charge is 0.404 e. The number of aryl methyl sites for hydroxylation is 1. The molecule has 36 heavy (non-hydrogen) atoms. The Labute approximate surface area is 214 Å². The number of carbonyl (C=O) groups is 3. The lowest BCUT2D eigenvalue weighted by atomic mass is 9.55. The Balaban J connectivity index is 0.000000538. The second kappa shape index (κ2) is 11.3. The zero-order chi connectivity index (χ0) is 26.6. The Morgan fingerprint density at radius 3 is 2.33 bits per heavy atom. The molecule has 0 aromatic heterocycles. The van der Waals surface area contributed by atoms with E-state index in [1.807, 2.05) is 12.1 Å². The van der Waals surface area contributed by atoms with Crippen molar-refractivity contribution in [3.05, 3.63) is 53.6 Å². The molecule has 0 radical (unpaired) electrons. The molecule has 3 aliphatic carbocycles. The van der Waals surface area contributed by atoms with Gasteiger partial charge in [0, 0.05) is 16.6 Å². The fraction of sp³-hybridized carbons (Fsp3) is 0.552. The average Bonchev–Trinajstić information content (AvgIpc) is 3.15. The third-order valence-corrected chi connectivity index (χ3v) is 8.05. The fourth-order valence-electron chi connectivity index (χ4n) is 6.33. The van der Waals surface area contributed by atoms with Gasteiger partial charge in [-0.25, -0.2) is 14.4 Å². The molecule has 1 aromatic carbocycles. The maximum Gasteiger partial charge on any atom is 0.404 e. The van der Waals surface area contributed by atoms with Crippen molar-refractivity contribution in [2.75, 3.05) is 6.61 Å². The highest BCUT2D eigenvalue weighted by atomic mass is 16.5. The van der Waals surface area contributed by atoms with E-state index < -0.39 is 6.09 Å².